The molecule has 21 heavy (non-hydrogen) atoms. The van der Waals surface area contributed by atoms with Crippen LogP contribution in [-0.2, 0) is 16.0 Å². The van der Waals surface area contributed by atoms with Gasteiger partial charge in [0.05, 0.1) is 10.7 Å². The number of aryl methyl sites for hydroxylation is 1. The van der Waals surface area contributed by atoms with Gasteiger partial charge in [-0.15, -0.1) is 11.3 Å². The first kappa shape index (κ1) is 15.7. The van der Waals surface area contributed by atoms with Gasteiger partial charge >= 0.3 is 0 Å². The molecule has 1 N–H and O–H groups in total. The first-order chi connectivity index (χ1) is 10.1. The molecule has 0 spiro atoms. The van der Waals surface area contributed by atoms with Crippen LogP contribution in [0.1, 0.15) is 16.8 Å². The van der Waals surface area contributed by atoms with E-state index in [9.17, 15) is 4.79 Å². The molecule has 0 radical (unpaired) electrons. The number of methoxy groups -OCH3 is 1. The summed E-state index contributed by atoms with van der Waals surface area (Å²) in [5.41, 5.74) is 2.17. The Bertz CT molecular complexity index is 596. The highest BCUT2D eigenvalue weighted by Crippen LogP contribution is 2.27. The predicted octanol–water partition coefficient (Wildman–Crippen LogP) is 2.81. The molecule has 112 valence electrons. The van der Waals surface area contributed by atoms with Gasteiger partial charge < -0.3 is 10.1 Å². The fourth-order valence-electron chi connectivity index (χ4n) is 1.97. The van der Waals surface area contributed by atoms with Gasteiger partial charge in [0.15, 0.2) is 0 Å². The third kappa shape index (κ3) is 4.12. The van der Waals surface area contributed by atoms with E-state index in [0.29, 0.717) is 6.54 Å². The number of thiazole rings is 1. The zero-order valence-corrected chi connectivity index (χ0v) is 13.4. The molecular formula is C16H20N2O2S. The van der Waals surface area contributed by atoms with E-state index in [0.717, 1.165) is 22.7 Å². The molecule has 0 saturated carbocycles. The summed E-state index contributed by atoms with van der Waals surface area (Å²) in [7, 11) is 1.53. The molecule has 0 aliphatic rings. The van der Waals surface area contributed by atoms with E-state index in [1.807, 2.05) is 18.2 Å². The van der Waals surface area contributed by atoms with Gasteiger partial charge in [-0.2, -0.15) is 0 Å². The largest absolute Gasteiger partial charge is 0.372 e. The lowest BCUT2D eigenvalue weighted by molar-refractivity contribution is -0.129. The van der Waals surface area contributed by atoms with Crippen molar-refractivity contribution in [3.63, 3.8) is 0 Å². The summed E-state index contributed by atoms with van der Waals surface area (Å²) < 4.78 is 4.97. The summed E-state index contributed by atoms with van der Waals surface area (Å²) >= 11 is 1.68. The Morgan fingerprint density at radius 2 is 2.10 bits per heavy atom. The van der Waals surface area contributed by atoms with Crippen LogP contribution in [0.15, 0.2) is 30.3 Å². The van der Waals surface area contributed by atoms with Crippen LogP contribution in [0, 0.1) is 6.92 Å². The highest BCUT2D eigenvalue weighted by atomic mass is 32.1. The van der Waals surface area contributed by atoms with Crippen molar-refractivity contribution >= 4 is 17.2 Å². The Labute approximate surface area is 129 Å². The van der Waals surface area contributed by atoms with Crippen molar-refractivity contribution in [2.24, 2.45) is 0 Å². The number of hydrogen-bond acceptors (Lipinski definition) is 4. The van der Waals surface area contributed by atoms with Crippen molar-refractivity contribution in [1.82, 2.24) is 10.3 Å². The molecule has 0 saturated heterocycles. The van der Waals surface area contributed by atoms with Crippen LogP contribution in [0.25, 0.3) is 11.3 Å². The van der Waals surface area contributed by atoms with E-state index in [4.69, 9.17) is 4.74 Å². The second kappa shape index (κ2) is 7.33. The molecule has 4 nitrogen and oxygen atoms in total. The second-order valence-electron chi connectivity index (χ2n) is 4.80. The molecule has 0 aliphatic carbocycles. The molecule has 0 bridgehead atoms. The fourth-order valence-corrected chi connectivity index (χ4v) is 2.92. The number of benzene rings is 1. The van der Waals surface area contributed by atoms with E-state index in [1.54, 1.807) is 18.3 Å². The molecule has 1 atom stereocenters. The Balaban J connectivity index is 1.96. The first-order valence-corrected chi connectivity index (χ1v) is 7.75. The third-order valence-corrected chi connectivity index (χ3v) is 4.28. The standard InChI is InChI=1S/C16H20N2O2S/c1-11(20-3)16(19)17-10-9-14-18-15(12(2)21-14)13-7-5-4-6-8-13/h4-8,11H,9-10H2,1-3H3,(H,17,19). The van der Waals surface area contributed by atoms with Gasteiger partial charge in [0, 0.05) is 30.5 Å². The maximum atomic E-state index is 11.6. The summed E-state index contributed by atoms with van der Waals surface area (Å²) in [5, 5.41) is 3.89. The maximum Gasteiger partial charge on any atom is 0.248 e. The fraction of sp³-hybridized carbons (Fsp3) is 0.375. The molecular weight excluding hydrogens is 284 g/mol. The number of ether oxygens (including phenoxy) is 1. The van der Waals surface area contributed by atoms with Crippen LogP contribution in [0.2, 0.25) is 0 Å². The molecule has 1 aromatic carbocycles. The van der Waals surface area contributed by atoms with Gasteiger partial charge in [0.1, 0.15) is 6.10 Å². The van der Waals surface area contributed by atoms with Crippen molar-refractivity contribution < 1.29 is 9.53 Å². The average Bonchev–Trinajstić information content (AvgIpc) is 2.88. The van der Waals surface area contributed by atoms with Crippen LogP contribution < -0.4 is 5.32 Å². The van der Waals surface area contributed by atoms with E-state index in [2.05, 4.69) is 29.4 Å². The minimum absolute atomic E-state index is 0.0888. The van der Waals surface area contributed by atoms with Crippen LogP contribution in [0.5, 0.6) is 0 Å². The molecule has 5 heteroatoms. The number of nitrogens with zero attached hydrogens (tertiary/aromatic N) is 1. The summed E-state index contributed by atoms with van der Waals surface area (Å²) in [6.45, 7) is 4.39. The Morgan fingerprint density at radius 1 is 1.38 bits per heavy atom. The lowest BCUT2D eigenvalue weighted by Gasteiger charge is -2.09. The number of rotatable bonds is 6. The van der Waals surface area contributed by atoms with Crippen LogP contribution in [0.4, 0.5) is 0 Å². The van der Waals surface area contributed by atoms with Crippen LogP contribution >= 0.6 is 11.3 Å². The zero-order chi connectivity index (χ0) is 15.2. The van der Waals surface area contributed by atoms with Crippen LogP contribution in [-0.4, -0.2) is 30.6 Å². The first-order valence-electron chi connectivity index (χ1n) is 6.94. The van der Waals surface area contributed by atoms with E-state index in [-0.39, 0.29) is 5.91 Å². The van der Waals surface area contributed by atoms with Gasteiger partial charge in [-0.25, -0.2) is 4.98 Å². The monoisotopic (exact) mass is 304 g/mol. The van der Waals surface area contributed by atoms with Gasteiger partial charge in [-0.05, 0) is 13.8 Å². The third-order valence-electron chi connectivity index (χ3n) is 3.25. The highest BCUT2D eigenvalue weighted by molar-refractivity contribution is 7.12. The predicted molar refractivity (Wildman–Crippen MR) is 85.5 cm³/mol. The molecule has 2 aromatic rings. The topological polar surface area (TPSA) is 51.2 Å². The lowest BCUT2D eigenvalue weighted by atomic mass is 10.1. The molecule has 1 amide bonds. The van der Waals surface area contributed by atoms with E-state index >= 15 is 0 Å². The van der Waals surface area contributed by atoms with Gasteiger partial charge in [0.2, 0.25) is 5.91 Å². The van der Waals surface area contributed by atoms with Crippen molar-refractivity contribution in [2.75, 3.05) is 13.7 Å². The highest BCUT2D eigenvalue weighted by Gasteiger charge is 2.12. The Hall–Kier alpha value is -1.72. The minimum Gasteiger partial charge on any atom is -0.372 e. The number of nitrogens with one attached hydrogen (secondary N) is 1. The van der Waals surface area contributed by atoms with Gasteiger partial charge in [-0.1, -0.05) is 30.3 Å². The van der Waals surface area contributed by atoms with Crippen molar-refractivity contribution in [3.05, 3.63) is 40.2 Å². The quantitative estimate of drug-likeness (QED) is 0.893. The van der Waals surface area contributed by atoms with Crippen molar-refractivity contribution in [2.45, 2.75) is 26.4 Å². The van der Waals surface area contributed by atoms with Crippen LogP contribution in [0.3, 0.4) is 0 Å². The second-order valence-corrected chi connectivity index (χ2v) is 6.09. The number of hydrogen-bond donors (Lipinski definition) is 1. The zero-order valence-electron chi connectivity index (χ0n) is 12.6. The smallest absolute Gasteiger partial charge is 0.248 e. The molecule has 0 aliphatic heterocycles. The Kier molecular flexibility index (Phi) is 5.47. The van der Waals surface area contributed by atoms with E-state index in [1.165, 1.54) is 12.0 Å². The maximum absolute atomic E-state index is 11.6. The van der Waals surface area contributed by atoms with Gasteiger partial charge in [-0.3, -0.25) is 4.79 Å². The summed E-state index contributed by atoms with van der Waals surface area (Å²) in [5.74, 6) is -0.0888. The summed E-state index contributed by atoms with van der Waals surface area (Å²) in [4.78, 5) is 17.5. The molecule has 1 heterocycles. The van der Waals surface area contributed by atoms with Crippen molar-refractivity contribution in [3.8, 4) is 11.3 Å². The number of carbonyl (C=O) groups is 1. The molecule has 1 unspecified atom stereocenters. The average molecular weight is 304 g/mol. The summed E-state index contributed by atoms with van der Waals surface area (Å²) in [6.07, 6.45) is 0.323. The Morgan fingerprint density at radius 3 is 2.76 bits per heavy atom. The number of aromatic nitrogens is 1. The van der Waals surface area contributed by atoms with E-state index < -0.39 is 6.10 Å². The number of carbonyl (C=O) groups excluding carboxylic acids is 1. The normalized spacial score (nSPS) is 12.1. The molecule has 2 rings (SSSR count). The lowest BCUT2D eigenvalue weighted by Crippen LogP contribution is -2.35. The molecule has 0 fully saturated rings. The van der Waals surface area contributed by atoms with Crippen molar-refractivity contribution in [1.29, 1.82) is 0 Å². The summed E-state index contributed by atoms with van der Waals surface area (Å²) in [6, 6.07) is 10.2. The van der Waals surface area contributed by atoms with Gasteiger partial charge in [0.25, 0.3) is 0 Å². The minimum atomic E-state index is -0.414. The SMILES string of the molecule is COC(C)C(=O)NCCc1nc(-c2ccccc2)c(C)s1. The number of amides is 1. The molecule has 1 aromatic heterocycles.